The van der Waals surface area contributed by atoms with E-state index in [4.69, 9.17) is 0 Å². The van der Waals surface area contributed by atoms with Crippen LogP contribution in [0.15, 0.2) is 24.3 Å². The van der Waals surface area contributed by atoms with Crippen LogP contribution in [0.3, 0.4) is 0 Å². The van der Waals surface area contributed by atoms with Crippen LogP contribution in [-0.2, 0) is 6.42 Å². The monoisotopic (exact) mass is 230 g/mol. The van der Waals surface area contributed by atoms with E-state index in [2.05, 4.69) is 16.0 Å². The summed E-state index contributed by atoms with van der Waals surface area (Å²) in [6, 6.07) is 7.69. The van der Waals surface area contributed by atoms with Gasteiger partial charge in [0, 0.05) is 29.6 Å². The zero-order valence-corrected chi connectivity index (χ0v) is 9.95. The molecule has 3 heteroatoms. The van der Waals surface area contributed by atoms with E-state index in [1.165, 1.54) is 31.6 Å². The first kappa shape index (κ1) is 10.7. The molecule has 0 amide bonds. The van der Waals surface area contributed by atoms with Crippen LogP contribution in [0.25, 0.3) is 10.9 Å². The van der Waals surface area contributed by atoms with Gasteiger partial charge in [-0.15, -0.1) is 0 Å². The second kappa shape index (κ2) is 4.41. The molecule has 2 N–H and O–H groups in total. The highest BCUT2D eigenvalue weighted by atomic mass is 16.3. The van der Waals surface area contributed by atoms with E-state index < -0.39 is 0 Å². The number of nitrogens with zero attached hydrogens (tertiary/aromatic N) is 1. The zero-order chi connectivity index (χ0) is 11.7. The SMILES string of the molecule is Oc1cccc2[nH]c(CCN3CCCC3)cc12. The van der Waals surface area contributed by atoms with Crippen molar-refractivity contribution in [1.29, 1.82) is 0 Å². The molecule has 0 bridgehead atoms. The lowest BCUT2D eigenvalue weighted by molar-refractivity contribution is 0.342. The summed E-state index contributed by atoms with van der Waals surface area (Å²) >= 11 is 0. The molecule has 1 aromatic carbocycles. The molecule has 0 radical (unpaired) electrons. The minimum Gasteiger partial charge on any atom is -0.507 e. The summed E-state index contributed by atoms with van der Waals surface area (Å²) in [4.78, 5) is 5.88. The Morgan fingerprint density at radius 3 is 2.82 bits per heavy atom. The third-order valence-electron chi connectivity index (χ3n) is 3.59. The molecule has 1 aromatic heterocycles. The molecule has 0 unspecified atom stereocenters. The lowest BCUT2D eigenvalue weighted by Crippen LogP contribution is -2.21. The number of rotatable bonds is 3. The summed E-state index contributed by atoms with van der Waals surface area (Å²) in [5, 5.41) is 10.7. The molecule has 0 spiro atoms. The number of phenols is 1. The minimum absolute atomic E-state index is 0.367. The van der Waals surface area contributed by atoms with Crippen molar-refractivity contribution in [3.63, 3.8) is 0 Å². The number of hydrogen-bond acceptors (Lipinski definition) is 2. The van der Waals surface area contributed by atoms with Crippen LogP contribution in [-0.4, -0.2) is 34.6 Å². The standard InChI is InChI=1S/C14H18N2O/c17-14-5-3-4-13-12(14)10-11(15-13)6-9-16-7-1-2-8-16/h3-5,10,15,17H,1-2,6-9H2. The Balaban J connectivity index is 1.74. The Labute approximate surface area is 101 Å². The third kappa shape index (κ3) is 2.15. The number of nitrogens with one attached hydrogen (secondary N) is 1. The van der Waals surface area contributed by atoms with E-state index in [0.717, 1.165) is 23.9 Å². The van der Waals surface area contributed by atoms with Crippen molar-refractivity contribution in [3.05, 3.63) is 30.0 Å². The number of aromatic nitrogens is 1. The number of hydrogen-bond donors (Lipinski definition) is 2. The number of benzene rings is 1. The smallest absolute Gasteiger partial charge is 0.124 e. The van der Waals surface area contributed by atoms with Crippen molar-refractivity contribution in [2.75, 3.05) is 19.6 Å². The predicted molar refractivity (Wildman–Crippen MR) is 69.3 cm³/mol. The molecule has 2 aromatic rings. The summed E-state index contributed by atoms with van der Waals surface area (Å²) in [6.07, 6.45) is 3.72. The van der Waals surface area contributed by atoms with Gasteiger partial charge in [0.25, 0.3) is 0 Å². The van der Waals surface area contributed by atoms with Crippen LogP contribution in [0.5, 0.6) is 5.75 Å². The van der Waals surface area contributed by atoms with Crippen LogP contribution in [0.4, 0.5) is 0 Å². The molecule has 1 fully saturated rings. The molecule has 17 heavy (non-hydrogen) atoms. The fraction of sp³-hybridized carbons (Fsp3) is 0.429. The first-order valence-electron chi connectivity index (χ1n) is 6.35. The Hall–Kier alpha value is -1.48. The minimum atomic E-state index is 0.367. The summed E-state index contributed by atoms with van der Waals surface area (Å²) in [5.74, 6) is 0.367. The van der Waals surface area contributed by atoms with Crippen molar-refractivity contribution >= 4 is 10.9 Å². The highest BCUT2D eigenvalue weighted by Crippen LogP contribution is 2.25. The fourth-order valence-corrected chi connectivity index (χ4v) is 2.62. The van der Waals surface area contributed by atoms with Gasteiger partial charge in [-0.25, -0.2) is 0 Å². The summed E-state index contributed by atoms with van der Waals surface area (Å²) in [6.45, 7) is 3.60. The Morgan fingerprint density at radius 1 is 1.24 bits per heavy atom. The Kier molecular flexibility index (Phi) is 2.77. The van der Waals surface area contributed by atoms with E-state index in [-0.39, 0.29) is 0 Å². The van der Waals surface area contributed by atoms with Gasteiger partial charge in [-0.3, -0.25) is 0 Å². The second-order valence-electron chi connectivity index (χ2n) is 4.83. The van der Waals surface area contributed by atoms with Gasteiger partial charge in [-0.2, -0.15) is 0 Å². The van der Waals surface area contributed by atoms with Gasteiger partial charge in [0.15, 0.2) is 0 Å². The van der Waals surface area contributed by atoms with Gasteiger partial charge in [-0.1, -0.05) is 6.07 Å². The molecular formula is C14H18N2O. The molecule has 2 heterocycles. The van der Waals surface area contributed by atoms with Crippen molar-refractivity contribution in [3.8, 4) is 5.75 Å². The first-order chi connectivity index (χ1) is 8.33. The largest absolute Gasteiger partial charge is 0.507 e. The summed E-state index contributed by atoms with van der Waals surface area (Å²) < 4.78 is 0. The van der Waals surface area contributed by atoms with Gasteiger partial charge in [0.05, 0.1) is 0 Å². The molecule has 90 valence electrons. The molecular weight excluding hydrogens is 212 g/mol. The molecule has 3 nitrogen and oxygen atoms in total. The lowest BCUT2D eigenvalue weighted by atomic mass is 10.2. The number of aromatic amines is 1. The highest BCUT2D eigenvalue weighted by Gasteiger charge is 2.11. The van der Waals surface area contributed by atoms with Gasteiger partial charge in [0.2, 0.25) is 0 Å². The average molecular weight is 230 g/mol. The topological polar surface area (TPSA) is 39.3 Å². The summed E-state index contributed by atoms with van der Waals surface area (Å²) in [5.41, 5.74) is 2.25. The van der Waals surface area contributed by atoms with Crippen molar-refractivity contribution < 1.29 is 5.11 Å². The van der Waals surface area contributed by atoms with Crippen LogP contribution < -0.4 is 0 Å². The van der Waals surface area contributed by atoms with Crippen molar-refractivity contribution in [2.24, 2.45) is 0 Å². The van der Waals surface area contributed by atoms with Gasteiger partial charge < -0.3 is 15.0 Å². The zero-order valence-electron chi connectivity index (χ0n) is 9.95. The van der Waals surface area contributed by atoms with E-state index in [0.29, 0.717) is 5.75 Å². The number of H-pyrrole nitrogens is 1. The van der Waals surface area contributed by atoms with Gasteiger partial charge in [0.1, 0.15) is 5.75 Å². The molecule has 1 saturated heterocycles. The number of aromatic hydroxyl groups is 1. The number of fused-ring (bicyclic) bond motifs is 1. The van der Waals surface area contributed by atoms with Crippen molar-refractivity contribution in [1.82, 2.24) is 9.88 Å². The van der Waals surface area contributed by atoms with Crippen LogP contribution in [0, 0.1) is 0 Å². The highest BCUT2D eigenvalue weighted by molar-refractivity contribution is 5.86. The van der Waals surface area contributed by atoms with E-state index in [1.807, 2.05) is 12.1 Å². The maximum Gasteiger partial charge on any atom is 0.124 e. The maximum absolute atomic E-state index is 9.73. The van der Waals surface area contributed by atoms with Crippen molar-refractivity contribution in [2.45, 2.75) is 19.3 Å². The molecule has 3 rings (SSSR count). The number of phenolic OH excluding ortho intramolecular Hbond substituents is 1. The molecule has 0 saturated carbocycles. The summed E-state index contributed by atoms with van der Waals surface area (Å²) in [7, 11) is 0. The Morgan fingerprint density at radius 2 is 2.06 bits per heavy atom. The van der Waals surface area contributed by atoms with Crippen LogP contribution in [0.2, 0.25) is 0 Å². The van der Waals surface area contributed by atoms with Crippen LogP contribution in [0.1, 0.15) is 18.5 Å². The molecule has 1 aliphatic heterocycles. The van der Waals surface area contributed by atoms with E-state index in [9.17, 15) is 5.11 Å². The first-order valence-corrected chi connectivity index (χ1v) is 6.35. The normalized spacial score (nSPS) is 16.9. The second-order valence-corrected chi connectivity index (χ2v) is 4.83. The van der Waals surface area contributed by atoms with Gasteiger partial charge in [-0.05, 0) is 44.1 Å². The van der Waals surface area contributed by atoms with Gasteiger partial charge >= 0.3 is 0 Å². The number of likely N-dealkylation sites (tertiary alicyclic amines) is 1. The Bertz CT molecular complexity index is 512. The molecule has 1 aliphatic rings. The lowest BCUT2D eigenvalue weighted by Gasteiger charge is -2.13. The van der Waals surface area contributed by atoms with E-state index >= 15 is 0 Å². The average Bonchev–Trinajstić information content (AvgIpc) is 2.95. The molecule has 0 atom stereocenters. The van der Waals surface area contributed by atoms with Crippen LogP contribution >= 0.6 is 0 Å². The maximum atomic E-state index is 9.73. The predicted octanol–water partition coefficient (Wildman–Crippen LogP) is 2.51. The quantitative estimate of drug-likeness (QED) is 0.850. The molecule has 0 aliphatic carbocycles. The third-order valence-corrected chi connectivity index (χ3v) is 3.59. The fourth-order valence-electron chi connectivity index (χ4n) is 2.62. The van der Waals surface area contributed by atoms with E-state index in [1.54, 1.807) is 6.07 Å².